The van der Waals surface area contributed by atoms with Crippen molar-refractivity contribution >= 4 is 0 Å². The van der Waals surface area contributed by atoms with Crippen LogP contribution in [-0.2, 0) is 44.8 Å². The molecule has 0 aliphatic rings. The SMILES string of the molecule is C.FC(F)(F)c1cc[c-]c(-c2ccccn2)c1.FC(F)(F)c1cc[c-]c(-c2ccccn2)c1.FC(F)(F)c1cc[c-]c(-c2ccccn2)c1.FC(F)(F)c1cccc(-c2ccccn2)c1.[Ir+3]. The van der Waals surface area contributed by atoms with Crippen molar-refractivity contribution in [3.05, 3.63) is 217 Å². The molecule has 0 unspecified atom stereocenters. The Hall–Kier alpha value is -6.71. The summed E-state index contributed by atoms with van der Waals surface area (Å²) in [6, 6.07) is 43.6. The van der Waals surface area contributed by atoms with Crippen molar-refractivity contribution in [2.75, 3.05) is 0 Å². The van der Waals surface area contributed by atoms with E-state index < -0.39 is 47.0 Å². The van der Waals surface area contributed by atoms with Crippen LogP contribution in [0, 0.1) is 18.2 Å². The molecule has 0 fully saturated rings. The Balaban J connectivity index is 0.000000231. The van der Waals surface area contributed by atoms with Crippen molar-refractivity contribution in [2.45, 2.75) is 32.1 Å². The maximum absolute atomic E-state index is 12.5. The van der Waals surface area contributed by atoms with Crippen LogP contribution in [0.5, 0.6) is 0 Å². The summed E-state index contributed by atoms with van der Waals surface area (Å²) >= 11 is 0. The summed E-state index contributed by atoms with van der Waals surface area (Å²) in [6.45, 7) is 0. The molecule has 0 spiro atoms. The van der Waals surface area contributed by atoms with Crippen molar-refractivity contribution in [1.82, 2.24) is 19.9 Å². The van der Waals surface area contributed by atoms with Gasteiger partial charge in [-0.25, -0.2) is 0 Å². The molecule has 0 atom stereocenters. The largest absolute Gasteiger partial charge is 3.00 e. The second-order valence-electron chi connectivity index (χ2n) is 12.9. The van der Waals surface area contributed by atoms with Gasteiger partial charge in [-0.15, -0.1) is 89.5 Å². The van der Waals surface area contributed by atoms with E-state index in [-0.39, 0.29) is 27.5 Å². The first-order valence-electron chi connectivity index (χ1n) is 18.4. The molecule has 342 valence electrons. The predicted molar refractivity (Wildman–Crippen MR) is 222 cm³/mol. The van der Waals surface area contributed by atoms with Crippen molar-refractivity contribution in [1.29, 1.82) is 0 Å². The second kappa shape index (κ2) is 24.0. The van der Waals surface area contributed by atoms with Crippen LogP contribution in [0.4, 0.5) is 52.7 Å². The molecule has 0 N–H and O–H groups in total. The fourth-order valence-electron chi connectivity index (χ4n) is 5.33. The van der Waals surface area contributed by atoms with Gasteiger partial charge in [-0.1, -0.05) is 62.0 Å². The molecule has 4 heterocycles. The number of halogens is 12. The van der Waals surface area contributed by atoms with Crippen LogP contribution in [0.3, 0.4) is 0 Å². The summed E-state index contributed by atoms with van der Waals surface area (Å²) in [6.07, 6.45) is -11.2. The Kier molecular flexibility index (Phi) is 19.5. The summed E-state index contributed by atoms with van der Waals surface area (Å²) < 4.78 is 149. The standard InChI is InChI=1S/C12H8F3N.3C12H7F3N.CH4.Ir/c4*13-12(14,15)10-5-3-4-9(8-10)11-6-1-2-7-16-11;;/h1-8H;3*1-3,5-8H;1H4;/q;3*-1;;+3. The summed E-state index contributed by atoms with van der Waals surface area (Å²) in [7, 11) is 0. The average Bonchev–Trinajstić information content (AvgIpc) is 3.30. The predicted octanol–water partition coefficient (Wildman–Crippen LogP) is 15.1. The van der Waals surface area contributed by atoms with Gasteiger partial charge in [-0.2, -0.15) is 52.7 Å². The van der Waals surface area contributed by atoms with E-state index in [1.165, 1.54) is 42.9 Å². The quantitative estimate of drug-likeness (QED) is 0.130. The van der Waals surface area contributed by atoms with Crippen LogP contribution >= 0.6 is 0 Å². The fourth-order valence-corrected chi connectivity index (χ4v) is 5.33. The van der Waals surface area contributed by atoms with Gasteiger partial charge in [0.1, 0.15) is 0 Å². The van der Waals surface area contributed by atoms with Gasteiger partial charge in [-0.05, 0) is 76.2 Å². The first-order chi connectivity index (χ1) is 30.3. The molecule has 0 amide bonds. The maximum Gasteiger partial charge on any atom is 3.00 e. The Morgan fingerprint density at radius 1 is 0.318 bits per heavy atom. The van der Waals surface area contributed by atoms with E-state index in [1.54, 1.807) is 85.1 Å². The molecule has 8 rings (SSSR count). The maximum atomic E-state index is 12.5. The minimum Gasteiger partial charge on any atom is -0.305 e. The molecule has 0 saturated carbocycles. The number of alkyl halides is 12. The molecule has 66 heavy (non-hydrogen) atoms. The molecule has 4 aromatic heterocycles. The van der Waals surface area contributed by atoms with Gasteiger partial charge in [0.15, 0.2) is 0 Å². The van der Waals surface area contributed by atoms with E-state index in [0.717, 1.165) is 48.5 Å². The summed E-state index contributed by atoms with van der Waals surface area (Å²) in [5, 5.41) is 0. The third-order valence-corrected chi connectivity index (χ3v) is 8.36. The molecule has 4 aromatic carbocycles. The third-order valence-electron chi connectivity index (χ3n) is 8.36. The minimum atomic E-state index is -4.33. The van der Waals surface area contributed by atoms with E-state index in [4.69, 9.17) is 0 Å². The van der Waals surface area contributed by atoms with E-state index in [2.05, 4.69) is 38.1 Å². The van der Waals surface area contributed by atoms with E-state index in [0.29, 0.717) is 45.0 Å². The summed E-state index contributed by atoms with van der Waals surface area (Å²) in [5.74, 6) is 0. The molecule has 0 bridgehead atoms. The Bertz CT molecular complexity index is 2290. The topological polar surface area (TPSA) is 51.6 Å². The number of hydrogen-bond donors (Lipinski definition) is 0. The van der Waals surface area contributed by atoms with Crippen LogP contribution in [0.2, 0.25) is 0 Å². The summed E-state index contributed by atoms with van der Waals surface area (Å²) in [5.41, 5.74) is 0.752. The average molecular weight is 1100 g/mol. The Morgan fingerprint density at radius 2 is 0.606 bits per heavy atom. The molecule has 8 aromatic rings. The van der Waals surface area contributed by atoms with Crippen LogP contribution in [0.15, 0.2) is 176 Å². The number of rotatable bonds is 4. The van der Waals surface area contributed by atoms with Crippen molar-refractivity contribution < 1.29 is 72.8 Å². The monoisotopic (exact) mass is 1100 g/mol. The normalized spacial score (nSPS) is 11.1. The molecule has 0 aliphatic carbocycles. The molecule has 17 heteroatoms. The van der Waals surface area contributed by atoms with Gasteiger partial charge in [0.05, 0.1) is 11.3 Å². The van der Waals surface area contributed by atoms with Gasteiger partial charge in [0, 0.05) is 30.4 Å². The first kappa shape index (κ1) is 53.6. The number of hydrogen-bond acceptors (Lipinski definition) is 4. The van der Waals surface area contributed by atoms with Gasteiger partial charge >= 0.3 is 44.8 Å². The molecule has 0 saturated heterocycles. The fraction of sp³-hybridized carbons (Fsp3) is 0.102. The van der Waals surface area contributed by atoms with Gasteiger partial charge in [0.2, 0.25) is 0 Å². The van der Waals surface area contributed by atoms with Crippen molar-refractivity contribution in [3.8, 4) is 45.0 Å². The number of benzene rings is 4. The molecular formula is C49H33F12IrN4. The van der Waals surface area contributed by atoms with Crippen LogP contribution < -0.4 is 0 Å². The van der Waals surface area contributed by atoms with Crippen molar-refractivity contribution in [3.63, 3.8) is 0 Å². The van der Waals surface area contributed by atoms with E-state index >= 15 is 0 Å². The zero-order chi connectivity index (χ0) is 46.4. The first-order valence-corrected chi connectivity index (χ1v) is 18.4. The van der Waals surface area contributed by atoms with Crippen LogP contribution in [0.25, 0.3) is 45.0 Å². The van der Waals surface area contributed by atoms with Gasteiger partial charge in [0.25, 0.3) is 0 Å². The van der Waals surface area contributed by atoms with E-state index in [1.807, 2.05) is 0 Å². The summed E-state index contributed by atoms with van der Waals surface area (Å²) in [4.78, 5) is 15.9. The number of pyridine rings is 4. The van der Waals surface area contributed by atoms with Gasteiger partial charge in [-0.3, -0.25) is 4.98 Å². The molecular weight excluding hydrogens is 1060 g/mol. The third kappa shape index (κ3) is 16.4. The Labute approximate surface area is 385 Å². The zero-order valence-electron chi connectivity index (χ0n) is 32.9. The second-order valence-corrected chi connectivity index (χ2v) is 12.9. The zero-order valence-corrected chi connectivity index (χ0v) is 35.3. The van der Waals surface area contributed by atoms with Gasteiger partial charge < -0.3 is 15.0 Å². The van der Waals surface area contributed by atoms with Crippen LogP contribution in [0.1, 0.15) is 29.7 Å². The molecule has 4 nitrogen and oxygen atoms in total. The number of nitrogens with zero attached hydrogens (tertiary/aromatic N) is 4. The molecule has 0 aliphatic heterocycles. The van der Waals surface area contributed by atoms with Crippen molar-refractivity contribution in [2.24, 2.45) is 0 Å². The van der Waals surface area contributed by atoms with E-state index in [9.17, 15) is 52.7 Å². The van der Waals surface area contributed by atoms with Crippen LogP contribution in [-0.4, -0.2) is 19.9 Å². The number of aromatic nitrogens is 4. The smallest absolute Gasteiger partial charge is 0.305 e. The molecule has 0 radical (unpaired) electrons. The minimum absolute atomic E-state index is 0. The Morgan fingerprint density at radius 3 is 0.879 bits per heavy atom.